The molecular weight excluding hydrogens is 377 g/mol. The van der Waals surface area contributed by atoms with E-state index in [1.54, 1.807) is 24.3 Å². The minimum absolute atomic E-state index is 0.0280. The van der Waals surface area contributed by atoms with Crippen LogP contribution in [0, 0.1) is 12.7 Å². The lowest BCUT2D eigenvalue weighted by Gasteiger charge is -2.29. The summed E-state index contributed by atoms with van der Waals surface area (Å²) in [4.78, 5) is 14.5. The number of hydrogen-bond acceptors (Lipinski definition) is 3. The molecule has 1 amide bonds. The maximum atomic E-state index is 14.2. The lowest BCUT2D eigenvalue weighted by atomic mass is 10.1. The average molecular weight is 396 g/mol. The first-order valence-electron chi connectivity index (χ1n) is 8.28. The van der Waals surface area contributed by atoms with Crippen LogP contribution in [-0.4, -0.2) is 36.8 Å². The van der Waals surface area contributed by atoms with E-state index in [9.17, 15) is 17.6 Å². The Labute approximate surface area is 157 Å². The quantitative estimate of drug-likeness (QED) is 0.794. The van der Waals surface area contributed by atoms with Crippen molar-refractivity contribution in [2.75, 3.05) is 11.5 Å². The molecule has 1 aliphatic heterocycles. The number of sulfone groups is 1. The van der Waals surface area contributed by atoms with Gasteiger partial charge in [0.25, 0.3) is 5.91 Å². The van der Waals surface area contributed by atoms with Crippen LogP contribution in [0.15, 0.2) is 42.5 Å². The molecule has 1 saturated heterocycles. The number of aryl methyl sites for hydroxylation is 1. The molecule has 26 heavy (non-hydrogen) atoms. The molecule has 0 saturated carbocycles. The number of nitrogens with zero attached hydrogens (tertiary/aromatic N) is 1. The SMILES string of the molecule is Cc1cccc(C(=O)N(Cc2c(F)cccc2Cl)C2CCS(=O)(=O)C2)c1. The number of carbonyl (C=O) groups excluding carboxylic acids is 1. The van der Waals surface area contributed by atoms with Gasteiger partial charge in [0, 0.05) is 22.2 Å². The van der Waals surface area contributed by atoms with E-state index in [2.05, 4.69) is 0 Å². The van der Waals surface area contributed by atoms with Crippen LogP contribution in [-0.2, 0) is 16.4 Å². The highest BCUT2D eigenvalue weighted by atomic mass is 35.5. The molecule has 0 radical (unpaired) electrons. The first kappa shape index (κ1) is 18.9. The van der Waals surface area contributed by atoms with Gasteiger partial charge in [-0.05, 0) is 37.6 Å². The summed E-state index contributed by atoms with van der Waals surface area (Å²) in [6.07, 6.45) is 0.339. The van der Waals surface area contributed by atoms with Crippen LogP contribution in [0.5, 0.6) is 0 Å². The van der Waals surface area contributed by atoms with Crippen molar-refractivity contribution in [2.45, 2.75) is 25.9 Å². The third-order valence-electron chi connectivity index (χ3n) is 4.57. The molecule has 0 aromatic heterocycles. The second-order valence-corrected chi connectivity index (χ2v) is 9.20. The van der Waals surface area contributed by atoms with Gasteiger partial charge in [0.1, 0.15) is 5.82 Å². The molecule has 0 N–H and O–H groups in total. The Morgan fingerprint density at radius 1 is 1.27 bits per heavy atom. The Morgan fingerprint density at radius 2 is 2.00 bits per heavy atom. The number of amides is 1. The van der Waals surface area contributed by atoms with Crippen LogP contribution < -0.4 is 0 Å². The van der Waals surface area contributed by atoms with Crippen molar-refractivity contribution in [1.29, 1.82) is 0 Å². The van der Waals surface area contributed by atoms with Gasteiger partial charge < -0.3 is 4.90 Å². The van der Waals surface area contributed by atoms with Gasteiger partial charge in [0.15, 0.2) is 9.84 Å². The molecule has 2 aromatic carbocycles. The Kier molecular flexibility index (Phi) is 5.34. The van der Waals surface area contributed by atoms with E-state index in [4.69, 9.17) is 11.6 Å². The number of carbonyl (C=O) groups is 1. The molecule has 0 aliphatic carbocycles. The van der Waals surface area contributed by atoms with Crippen LogP contribution in [0.2, 0.25) is 5.02 Å². The number of benzene rings is 2. The lowest BCUT2D eigenvalue weighted by Crippen LogP contribution is -2.41. The number of halogens is 2. The number of rotatable bonds is 4. The lowest BCUT2D eigenvalue weighted by molar-refractivity contribution is 0.0679. The fraction of sp³-hybridized carbons (Fsp3) is 0.316. The van der Waals surface area contributed by atoms with Crippen molar-refractivity contribution in [3.05, 3.63) is 70.0 Å². The van der Waals surface area contributed by atoms with Crippen molar-refractivity contribution < 1.29 is 17.6 Å². The van der Waals surface area contributed by atoms with Crippen LogP contribution in [0.4, 0.5) is 4.39 Å². The summed E-state index contributed by atoms with van der Waals surface area (Å²) in [7, 11) is -3.20. The zero-order valence-electron chi connectivity index (χ0n) is 14.3. The van der Waals surface area contributed by atoms with Gasteiger partial charge in [-0.2, -0.15) is 0 Å². The second kappa shape index (κ2) is 7.37. The monoisotopic (exact) mass is 395 g/mol. The van der Waals surface area contributed by atoms with E-state index in [1.165, 1.54) is 17.0 Å². The van der Waals surface area contributed by atoms with E-state index in [0.29, 0.717) is 12.0 Å². The molecule has 1 heterocycles. The maximum Gasteiger partial charge on any atom is 0.254 e. The molecule has 2 aromatic rings. The van der Waals surface area contributed by atoms with Crippen LogP contribution in [0.1, 0.15) is 27.9 Å². The predicted octanol–water partition coefficient (Wildman–Crippen LogP) is 3.62. The Balaban J connectivity index is 1.98. The summed E-state index contributed by atoms with van der Waals surface area (Å²) in [6, 6.07) is 10.9. The smallest absolute Gasteiger partial charge is 0.254 e. The zero-order chi connectivity index (χ0) is 18.9. The van der Waals surface area contributed by atoms with Crippen molar-refractivity contribution >= 4 is 27.3 Å². The predicted molar refractivity (Wildman–Crippen MR) is 99.5 cm³/mol. The second-order valence-electron chi connectivity index (χ2n) is 6.56. The summed E-state index contributed by atoms with van der Waals surface area (Å²) in [6.45, 7) is 1.80. The Bertz CT molecular complexity index is 925. The molecule has 1 aliphatic rings. The molecule has 1 atom stereocenters. The van der Waals surface area contributed by atoms with E-state index < -0.39 is 21.7 Å². The molecular formula is C19H19ClFNO3S. The third kappa shape index (κ3) is 4.07. The van der Waals surface area contributed by atoms with Crippen LogP contribution >= 0.6 is 11.6 Å². The van der Waals surface area contributed by atoms with Gasteiger partial charge in [-0.25, -0.2) is 12.8 Å². The summed E-state index contributed by atoms with van der Waals surface area (Å²) in [5, 5.41) is 0.216. The minimum atomic E-state index is -3.20. The fourth-order valence-electron chi connectivity index (χ4n) is 3.19. The molecule has 138 valence electrons. The van der Waals surface area contributed by atoms with Crippen molar-refractivity contribution in [3.63, 3.8) is 0 Å². The minimum Gasteiger partial charge on any atom is -0.330 e. The number of hydrogen-bond donors (Lipinski definition) is 0. The van der Waals surface area contributed by atoms with E-state index in [1.807, 2.05) is 13.0 Å². The largest absolute Gasteiger partial charge is 0.330 e. The highest BCUT2D eigenvalue weighted by Gasteiger charge is 2.35. The topological polar surface area (TPSA) is 54.5 Å². The van der Waals surface area contributed by atoms with Gasteiger partial charge in [-0.15, -0.1) is 0 Å². The molecule has 3 rings (SSSR count). The van der Waals surface area contributed by atoms with Crippen molar-refractivity contribution in [1.82, 2.24) is 4.90 Å². The van der Waals surface area contributed by atoms with E-state index in [-0.39, 0.29) is 34.5 Å². The highest BCUT2D eigenvalue weighted by molar-refractivity contribution is 7.91. The zero-order valence-corrected chi connectivity index (χ0v) is 15.9. The maximum absolute atomic E-state index is 14.2. The summed E-state index contributed by atoms with van der Waals surface area (Å²) in [5.41, 5.74) is 1.56. The third-order valence-corrected chi connectivity index (χ3v) is 6.67. The molecule has 7 heteroatoms. The highest BCUT2D eigenvalue weighted by Crippen LogP contribution is 2.26. The summed E-state index contributed by atoms with van der Waals surface area (Å²) < 4.78 is 38.1. The first-order valence-corrected chi connectivity index (χ1v) is 10.5. The van der Waals surface area contributed by atoms with Gasteiger partial charge in [0.2, 0.25) is 0 Å². The molecule has 1 fully saturated rings. The normalized spacial score (nSPS) is 18.7. The first-order chi connectivity index (χ1) is 12.3. The molecule has 0 bridgehead atoms. The molecule has 0 spiro atoms. The van der Waals surface area contributed by atoms with Gasteiger partial charge in [-0.1, -0.05) is 35.4 Å². The van der Waals surface area contributed by atoms with Gasteiger partial charge in [-0.3, -0.25) is 4.79 Å². The summed E-state index contributed by atoms with van der Waals surface area (Å²) in [5.74, 6) is -0.924. The molecule has 1 unspecified atom stereocenters. The van der Waals surface area contributed by atoms with Crippen LogP contribution in [0.25, 0.3) is 0 Å². The van der Waals surface area contributed by atoms with E-state index in [0.717, 1.165) is 5.56 Å². The average Bonchev–Trinajstić information content (AvgIpc) is 2.94. The van der Waals surface area contributed by atoms with Gasteiger partial charge in [0.05, 0.1) is 18.1 Å². The fourth-order valence-corrected chi connectivity index (χ4v) is 5.14. The molecule has 4 nitrogen and oxygen atoms in total. The van der Waals surface area contributed by atoms with E-state index >= 15 is 0 Å². The Morgan fingerprint density at radius 3 is 2.62 bits per heavy atom. The summed E-state index contributed by atoms with van der Waals surface area (Å²) >= 11 is 6.12. The van der Waals surface area contributed by atoms with Gasteiger partial charge >= 0.3 is 0 Å². The Hall–Kier alpha value is -1.92. The van der Waals surface area contributed by atoms with Crippen molar-refractivity contribution in [3.8, 4) is 0 Å². The standard InChI is InChI=1S/C19H19ClFNO3S/c1-13-4-2-5-14(10-13)19(23)22(15-8-9-26(24,25)12-15)11-16-17(20)6-3-7-18(16)21/h2-7,10,15H,8-9,11-12H2,1H3. The van der Waals surface area contributed by atoms with Crippen LogP contribution in [0.3, 0.4) is 0 Å². The van der Waals surface area contributed by atoms with Crippen molar-refractivity contribution in [2.24, 2.45) is 0 Å².